The highest BCUT2D eigenvalue weighted by Gasteiger charge is 2.37. The molecule has 1 aromatic heterocycles. The molecule has 3 heterocycles. The van der Waals surface area contributed by atoms with E-state index in [2.05, 4.69) is 15.3 Å². The molecule has 25 heavy (non-hydrogen) atoms. The maximum Gasteiger partial charge on any atom is 0.275 e. The van der Waals surface area contributed by atoms with Crippen molar-refractivity contribution in [3.63, 3.8) is 0 Å². The van der Waals surface area contributed by atoms with Crippen LogP contribution in [0.3, 0.4) is 0 Å². The van der Waals surface area contributed by atoms with Crippen LogP contribution in [0.15, 0.2) is 42.7 Å². The van der Waals surface area contributed by atoms with Gasteiger partial charge in [-0.1, -0.05) is 12.1 Å². The quantitative estimate of drug-likeness (QED) is 0.803. The number of ether oxygens (including phenoxy) is 1. The minimum Gasteiger partial charge on any atom is -0.468 e. The minimum atomic E-state index is -1.14. The third-order valence-corrected chi connectivity index (χ3v) is 4.28. The van der Waals surface area contributed by atoms with E-state index in [0.717, 1.165) is 0 Å². The van der Waals surface area contributed by atoms with Gasteiger partial charge in [-0.15, -0.1) is 0 Å². The summed E-state index contributed by atoms with van der Waals surface area (Å²) in [4.78, 5) is 37.0. The first-order valence-corrected chi connectivity index (χ1v) is 8.10. The van der Waals surface area contributed by atoms with Crippen molar-refractivity contribution in [2.45, 2.75) is 6.10 Å². The second-order valence-electron chi connectivity index (χ2n) is 5.84. The van der Waals surface area contributed by atoms with Crippen molar-refractivity contribution in [1.82, 2.24) is 14.9 Å². The molecule has 2 aliphatic heterocycles. The number of hydrogen-bond acceptors (Lipinski definition) is 6. The summed E-state index contributed by atoms with van der Waals surface area (Å²) < 4.78 is 5.63. The molecule has 1 aromatic carbocycles. The van der Waals surface area contributed by atoms with E-state index in [-0.39, 0.29) is 5.91 Å². The number of piperazine rings is 1. The lowest BCUT2D eigenvalue weighted by molar-refractivity contribution is -0.145. The van der Waals surface area contributed by atoms with Crippen molar-refractivity contribution in [3.8, 4) is 5.75 Å². The fraction of sp³-hybridized carbons (Fsp3) is 0.294. The number of aromatic nitrogens is 2. The number of amides is 2. The largest absolute Gasteiger partial charge is 0.468 e. The number of rotatable bonds is 2. The monoisotopic (exact) mass is 339 g/mol. The highest BCUT2D eigenvalue weighted by atomic mass is 16.5. The van der Waals surface area contributed by atoms with Crippen molar-refractivity contribution >= 4 is 23.5 Å². The fourth-order valence-electron chi connectivity index (χ4n) is 2.96. The van der Waals surface area contributed by atoms with Crippen molar-refractivity contribution < 1.29 is 14.3 Å². The smallest absolute Gasteiger partial charge is 0.275 e. The van der Waals surface area contributed by atoms with E-state index in [4.69, 9.17) is 4.74 Å². The Kier molecular flexibility index (Phi) is 3.93. The van der Waals surface area contributed by atoms with E-state index in [1.165, 1.54) is 0 Å². The molecule has 1 fully saturated rings. The summed E-state index contributed by atoms with van der Waals surface area (Å²) in [6.45, 7) is 2.21. The van der Waals surface area contributed by atoms with Crippen LogP contribution >= 0.6 is 0 Å². The van der Waals surface area contributed by atoms with Gasteiger partial charge < -0.3 is 19.9 Å². The zero-order valence-corrected chi connectivity index (χ0v) is 13.5. The Labute approximate surface area is 144 Å². The molecule has 0 bridgehead atoms. The lowest BCUT2D eigenvalue weighted by Crippen LogP contribution is -2.56. The highest BCUT2D eigenvalue weighted by Crippen LogP contribution is 2.29. The summed E-state index contributed by atoms with van der Waals surface area (Å²) >= 11 is 0. The third kappa shape index (κ3) is 2.98. The molecule has 2 amide bonds. The van der Waals surface area contributed by atoms with Gasteiger partial charge in [0.25, 0.3) is 17.9 Å². The summed E-state index contributed by atoms with van der Waals surface area (Å²) in [5.74, 6) is 0.408. The molecule has 0 saturated carbocycles. The van der Waals surface area contributed by atoms with Crippen molar-refractivity contribution in [3.05, 3.63) is 42.7 Å². The maximum atomic E-state index is 12.7. The van der Waals surface area contributed by atoms with E-state index in [1.54, 1.807) is 47.6 Å². The van der Waals surface area contributed by atoms with Gasteiger partial charge in [-0.2, -0.15) is 0 Å². The Bertz CT molecular complexity index is 790. The van der Waals surface area contributed by atoms with Gasteiger partial charge in [-0.3, -0.25) is 9.59 Å². The van der Waals surface area contributed by atoms with Crippen LogP contribution in [0, 0.1) is 0 Å². The van der Waals surface area contributed by atoms with Gasteiger partial charge >= 0.3 is 0 Å². The average molecular weight is 339 g/mol. The van der Waals surface area contributed by atoms with Crippen LogP contribution < -0.4 is 15.0 Å². The Morgan fingerprint density at radius 1 is 1.08 bits per heavy atom. The molecule has 8 heteroatoms. The fourth-order valence-corrected chi connectivity index (χ4v) is 2.96. The number of anilines is 2. The second kappa shape index (κ2) is 6.39. The van der Waals surface area contributed by atoms with Crippen LogP contribution in [0.4, 0.5) is 11.6 Å². The Morgan fingerprint density at radius 2 is 1.80 bits per heavy atom. The van der Waals surface area contributed by atoms with Gasteiger partial charge in [0.15, 0.2) is 0 Å². The number of para-hydroxylation sites is 2. The van der Waals surface area contributed by atoms with Crippen LogP contribution in [-0.4, -0.2) is 59.0 Å². The van der Waals surface area contributed by atoms with Crippen LogP contribution in [0.2, 0.25) is 0 Å². The molecule has 128 valence electrons. The minimum absolute atomic E-state index is 0.319. The Balaban J connectivity index is 1.42. The summed E-state index contributed by atoms with van der Waals surface area (Å²) in [6, 6.07) is 8.85. The van der Waals surface area contributed by atoms with E-state index in [9.17, 15) is 9.59 Å². The highest BCUT2D eigenvalue weighted by molar-refractivity contribution is 6.11. The number of carbonyl (C=O) groups is 2. The normalized spacial score (nSPS) is 19.7. The summed E-state index contributed by atoms with van der Waals surface area (Å²) in [7, 11) is 0. The number of carbonyl (C=O) groups excluding carboxylic acids is 2. The van der Waals surface area contributed by atoms with Crippen molar-refractivity contribution in [1.29, 1.82) is 0 Å². The molecule has 1 atom stereocenters. The van der Waals surface area contributed by atoms with E-state index in [0.29, 0.717) is 43.6 Å². The maximum absolute atomic E-state index is 12.7. The SMILES string of the molecule is O=C1Nc2ccccc2O[C@@H]1C(=O)N1CCN(c2ncccn2)CC1. The average Bonchev–Trinajstić information content (AvgIpc) is 2.68. The van der Waals surface area contributed by atoms with Crippen molar-refractivity contribution in [2.24, 2.45) is 0 Å². The second-order valence-corrected chi connectivity index (χ2v) is 5.84. The van der Waals surface area contributed by atoms with Crippen LogP contribution in [0.25, 0.3) is 0 Å². The summed E-state index contributed by atoms with van der Waals surface area (Å²) in [5, 5.41) is 2.72. The third-order valence-electron chi connectivity index (χ3n) is 4.28. The molecule has 1 saturated heterocycles. The topological polar surface area (TPSA) is 87.7 Å². The molecule has 1 N–H and O–H groups in total. The first-order chi connectivity index (χ1) is 12.2. The number of hydrogen-bond donors (Lipinski definition) is 1. The molecule has 0 spiro atoms. The van der Waals surface area contributed by atoms with Crippen LogP contribution in [0.1, 0.15) is 0 Å². The van der Waals surface area contributed by atoms with Gasteiger partial charge in [0, 0.05) is 38.6 Å². The van der Waals surface area contributed by atoms with Gasteiger partial charge in [-0.05, 0) is 18.2 Å². The number of fused-ring (bicyclic) bond motifs is 1. The standard InChI is InChI=1S/C17H17N5O3/c23-15-14(25-13-5-2-1-4-12(13)20-15)16(24)21-8-10-22(11-9-21)17-18-6-3-7-19-17/h1-7,14H,8-11H2,(H,20,23)/t14-/m0/s1. The van der Waals surface area contributed by atoms with Crippen molar-refractivity contribution in [2.75, 3.05) is 36.4 Å². The molecular formula is C17H17N5O3. The summed E-state index contributed by atoms with van der Waals surface area (Å²) in [6.07, 6.45) is 2.24. The molecular weight excluding hydrogens is 322 g/mol. The number of benzene rings is 1. The van der Waals surface area contributed by atoms with Crippen LogP contribution in [0.5, 0.6) is 5.75 Å². The molecule has 2 aromatic rings. The summed E-state index contributed by atoms with van der Waals surface area (Å²) in [5.41, 5.74) is 0.586. The predicted octanol–water partition coefficient (Wildman–Crippen LogP) is 0.525. The van der Waals surface area contributed by atoms with E-state index < -0.39 is 12.0 Å². The van der Waals surface area contributed by atoms with E-state index in [1.807, 2.05) is 4.90 Å². The molecule has 0 radical (unpaired) electrons. The van der Waals surface area contributed by atoms with Gasteiger partial charge in [-0.25, -0.2) is 9.97 Å². The lowest BCUT2D eigenvalue weighted by atomic mass is 10.2. The van der Waals surface area contributed by atoms with Crippen LogP contribution in [-0.2, 0) is 9.59 Å². The number of nitrogens with zero attached hydrogens (tertiary/aromatic N) is 4. The Hall–Kier alpha value is -3.16. The van der Waals surface area contributed by atoms with Gasteiger partial charge in [0.05, 0.1) is 5.69 Å². The first-order valence-electron chi connectivity index (χ1n) is 8.10. The molecule has 0 aliphatic carbocycles. The first kappa shape index (κ1) is 15.4. The number of nitrogens with one attached hydrogen (secondary N) is 1. The molecule has 2 aliphatic rings. The van der Waals surface area contributed by atoms with Gasteiger partial charge in [0.2, 0.25) is 5.95 Å². The molecule has 0 unspecified atom stereocenters. The zero-order chi connectivity index (χ0) is 17.2. The van der Waals surface area contributed by atoms with Gasteiger partial charge in [0.1, 0.15) is 5.75 Å². The molecule has 8 nitrogen and oxygen atoms in total. The van der Waals surface area contributed by atoms with E-state index >= 15 is 0 Å². The predicted molar refractivity (Wildman–Crippen MR) is 90.3 cm³/mol. The Morgan fingerprint density at radius 3 is 2.56 bits per heavy atom. The molecule has 4 rings (SSSR count). The lowest BCUT2D eigenvalue weighted by Gasteiger charge is -2.36. The zero-order valence-electron chi connectivity index (χ0n) is 13.5.